The van der Waals surface area contributed by atoms with Gasteiger partial charge >= 0.3 is 0 Å². The number of hydrogen-bond acceptors (Lipinski definition) is 6. The van der Waals surface area contributed by atoms with Crippen molar-refractivity contribution in [3.05, 3.63) is 11.4 Å². The minimum absolute atomic E-state index is 0.0318. The van der Waals surface area contributed by atoms with Crippen molar-refractivity contribution in [1.29, 1.82) is 0 Å². The normalized spacial score (nSPS) is 12.2. The average molecular weight is 307 g/mol. The molecule has 2 aromatic heterocycles. The van der Waals surface area contributed by atoms with Crippen molar-refractivity contribution in [1.82, 2.24) is 15.3 Å². The second-order valence-electron chi connectivity index (χ2n) is 4.94. The van der Waals surface area contributed by atoms with Crippen LogP contribution in [0.15, 0.2) is 11.4 Å². The fourth-order valence-corrected chi connectivity index (χ4v) is 2.95. The Labute approximate surface area is 128 Å². The van der Waals surface area contributed by atoms with E-state index in [2.05, 4.69) is 20.6 Å². The molecule has 0 aromatic carbocycles. The summed E-state index contributed by atoms with van der Waals surface area (Å²) >= 11 is 1.59. The third-order valence-corrected chi connectivity index (χ3v) is 4.05. The topological polar surface area (TPSA) is 70.2 Å². The number of fused-ring (bicyclic) bond motifs is 1. The van der Waals surface area contributed by atoms with Crippen LogP contribution in [0, 0.1) is 5.92 Å². The number of thiophene rings is 1. The zero-order valence-corrected chi connectivity index (χ0v) is 13.6. The molecule has 0 fully saturated rings. The molecule has 6 nitrogen and oxygen atoms in total. The summed E-state index contributed by atoms with van der Waals surface area (Å²) < 4.78 is 0. The lowest BCUT2D eigenvalue weighted by Gasteiger charge is -2.22. The average Bonchev–Trinajstić information content (AvgIpc) is 2.93. The van der Waals surface area contributed by atoms with E-state index in [1.165, 1.54) is 0 Å². The molecule has 2 aromatic rings. The summed E-state index contributed by atoms with van der Waals surface area (Å²) in [5.41, 5.74) is 0. The molecule has 2 N–H and O–H groups in total. The van der Waals surface area contributed by atoms with Crippen molar-refractivity contribution in [3.63, 3.8) is 0 Å². The maximum absolute atomic E-state index is 11.7. The van der Waals surface area contributed by atoms with Crippen LogP contribution in [-0.4, -0.2) is 43.1 Å². The first-order valence-corrected chi connectivity index (χ1v) is 7.86. The molecule has 0 radical (unpaired) electrons. The van der Waals surface area contributed by atoms with Crippen LogP contribution >= 0.6 is 11.3 Å². The number of amides is 1. The Kier molecular flexibility index (Phi) is 4.95. The van der Waals surface area contributed by atoms with Crippen LogP contribution in [0.2, 0.25) is 0 Å². The molecular weight excluding hydrogens is 286 g/mol. The summed E-state index contributed by atoms with van der Waals surface area (Å²) in [6.45, 7) is 5.30. The number of nitrogens with zero attached hydrogens (tertiary/aromatic N) is 3. The van der Waals surface area contributed by atoms with Crippen molar-refractivity contribution in [2.75, 3.05) is 37.4 Å². The monoisotopic (exact) mass is 307 g/mol. The standard InChI is InChI=1S/C14H21N5OS/c1-5-16-14-17-11(10-6-7-21-13(10)18-14)19(4)8-9(2)12(20)15-3/h6-7,9H,5,8H2,1-4H3,(H,15,20)(H,16,17,18). The molecule has 0 bridgehead atoms. The van der Waals surface area contributed by atoms with Crippen molar-refractivity contribution in [2.24, 2.45) is 5.92 Å². The van der Waals surface area contributed by atoms with Crippen molar-refractivity contribution >= 4 is 39.2 Å². The molecule has 1 atom stereocenters. The van der Waals surface area contributed by atoms with Crippen molar-refractivity contribution in [2.45, 2.75) is 13.8 Å². The lowest BCUT2D eigenvalue weighted by molar-refractivity contribution is -0.123. The van der Waals surface area contributed by atoms with Crippen LogP contribution in [0.3, 0.4) is 0 Å². The summed E-state index contributed by atoms with van der Waals surface area (Å²) in [6.07, 6.45) is 0. The van der Waals surface area contributed by atoms with Crippen LogP contribution in [-0.2, 0) is 4.79 Å². The fraction of sp³-hybridized carbons (Fsp3) is 0.500. The zero-order chi connectivity index (χ0) is 15.4. The van der Waals surface area contributed by atoms with E-state index >= 15 is 0 Å². The first-order valence-electron chi connectivity index (χ1n) is 6.98. The predicted octanol–water partition coefficient (Wildman–Crippen LogP) is 1.94. The van der Waals surface area contributed by atoms with Crippen LogP contribution in [0.1, 0.15) is 13.8 Å². The van der Waals surface area contributed by atoms with Crippen LogP contribution in [0.5, 0.6) is 0 Å². The highest BCUT2D eigenvalue weighted by Crippen LogP contribution is 2.28. The summed E-state index contributed by atoms with van der Waals surface area (Å²) in [5, 5.41) is 8.86. The van der Waals surface area contributed by atoms with Gasteiger partial charge in [-0.25, -0.2) is 4.98 Å². The Morgan fingerprint density at radius 3 is 2.90 bits per heavy atom. The van der Waals surface area contributed by atoms with Crippen molar-refractivity contribution < 1.29 is 4.79 Å². The molecule has 114 valence electrons. The van der Waals surface area contributed by atoms with Gasteiger partial charge in [-0.3, -0.25) is 4.79 Å². The fourth-order valence-electron chi connectivity index (χ4n) is 2.19. The van der Waals surface area contributed by atoms with Gasteiger partial charge in [-0.05, 0) is 18.4 Å². The summed E-state index contributed by atoms with van der Waals surface area (Å²) in [7, 11) is 3.61. The molecule has 2 rings (SSSR count). The SMILES string of the molecule is CCNc1nc(N(C)CC(C)C(=O)NC)c2ccsc2n1. The number of anilines is 2. The molecule has 0 saturated heterocycles. The predicted molar refractivity (Wildman–Crippen MR) is 88.1 cm³/mol. The lowest BCUT2D eigenvalue weighted by Crippen LogP contribution is -2.34. The minimum atomic E-state index is -0.105. The Balaban J connectivity index is 2.30. The number of nitrogens with one attached hydrogen (secondary N) is 2. The van der Waals surface area contributed by atoms with Gasteiger partial charge in [0.1, 0.15) is 10.6 Å². The highest BCUT2D eigenvalue weighted by atomic mass is 32.1. The van der Waals surface area contributed by atoms with Gasteiger partial charge in [-0.15, -0.1) is 11.3 Å². The number of rotatable bonds is 6. The van der Waals surface area contributed by atoms with Gasteiger partial charge in [0.2, 0.25) is 11.9 Å². The van der Waals surface area contributed by atoms with E-state index in [1.54, 1.807) is 18.4 Å². The number of hydrogen-bond donors (Lipinski definition) is 2. The van der Waals surface area contributed by atoms with Gasteiger partial charge in [0.25, 0.3) is 0 Å². The van der Waals surface area contributed by atoms with Crippen molar-refractivity contribution in [3.8, 4) is 0 Å². The second-order valence-corrected chi connectivity index (χ2v) is 5.83. The summed E-state index contributed by atoms with van der Waals surface area (Å²) in [4.78, 5) is 23.7. The maximum Gasteiger partial charge on any atom is 0.226 e. The maximum atomic E-state index is 11.7. The van der Waals surface area contributed by atoms with Gasteiger partial charge in [0.15, 0.2) is 0 Å². The van der Waals surface area contributed by atoms with Gasteiger partial charge < -0.3 is 15.5 Å². The molecule has 0 saturated carbocycles. The van der Waals surface area contributed by atoms with E-state index in [0.717, 1.165) is 22.6 Å². The molecule has 2 heterocycles. The molecule has 0 spiro atoms. The largest absolute Gasteiger partial charge is 0.359 e. The lowest BCUT2D eigenvalue weighted by atomic mass is 10.1. The number of carbonyl (C=O) groups excluding carboxylic acids is 1. The Morgan fingerprint density at radius 2 is 2.24 bits per heavy atom. The summed E-state index contributed by atoms with van der Waals surface area (Å²) in [6, 6.07) is 2.02. The van der Waals surface area contributed by atoms with E-state index in [4.69, 9.17) is 0 Å². The highest BCUT2D eigenvalue weighted by molar-refractivity contribution is 7.16. The Morgan fingerprint density at radius 1 is 1.48 bits per heavy atom. The molecule has 21 heavy (non-hydrogen) atoms. The minimum Gasteiger partial charge on any atom is -0.359 e. The molecule has 0 aliphatic heterocycles. The molecular formula is C14H21N5OS. The molecule has 1 amide bonds. The summed E-state index contributed by atoms with van der Waals surface area (Å²) in [5.74, 6) is 1.41. The van der Waals surface area contributed by atoms with Gasteiger partial charge in [-0.2, -0.15) is 4.98 Å². The third kappa shape index (κ3) is 3.41. The smallest absolute Gasteiger partial charge is 0.226 e. The molecule has 1 unspecified atom stereocenters. The molecule has 0 aliphatic rings. The van der Waals surface area contributed by atoms with Gasteiger partial charge in [0, 0.05) is 27.2 Å². The second kappa shape index (κ2) is 6.71. The Bertz CT molecular complexity index is 627. The van der Waals surface area contributed by atoms with Crippen LogP contribution in [0.25, 0.3) is 10.2 Å². The first-order chi connectivity index (χ1) is 10.1. The number of carbonyl (C=O) groups is 1. The van der Waals surface area contributed by atoms with E-state index in [-0.39, 0.29) is 11.8 Å². The van der Waals surface area contributed by atoms with E-state index in [9.17, 15) is 4.79 Å². The Hall–Kier alpha value is -1.89. The third-order valence-electron chi connectivity index (χ3n) is 3.24. The van der Waals surface area contributed by atoms with E-state index in [0.29, 0.717) is 12.5 Å². The van der Waals surface area contributed by atoms with Gasteiger partial charge in [-0.1, -0.05) is 6.92 Å². The van der Waals surface area contributed by atoms with E-state index < -0.39 is 0 Å². The molecule has 7 heteroatoms. The molecule has 0 aliphatic carbocycles. The van der Waals surface area contributed by atoms with Gasteiger partial charge in [0.05, 0.1) is 11.3 Å². The number of aromatic nitrogens is 2. The zero-order valence-electron chi connectivity index (χ0n) is 12.8. The quantitative estimate of drug-likeness (QED) is 0.853. The van der Waals surface area contributed by atoms with Crippen LogP contribution < -0.4 is 15.5 Å². The van der Waals surface area contributed by atoms with Crippen LogP contribution in [0.4, 0.5) is 11.8 Å². The van der Waals surface area contributed by atoms with E-state index in [1.807, 2.05) is 37.2 Å². The first kappa shape index (κ1) is 15.5. The highest BCUT2D eigenvalue weighted by Gasteiger charge is 2.18.